The van der Waals surface area contributed by atoms with E-state index in [1.54, 1.807) is 4.68 Å². The van der Waals surface area contributed by atoms with Gasteiger partial charge in [-0.15, -0.1) is 6.42 Å². The van der Waals surface area contributed by atoms with Crippen LogP contribution in [0.5, 0.6) is 0 Å². The summed E-state index contributed by atoms with van der Waals surface area (Å²) >= 11 is 0. The van der Waals surface area contributed by atoms with Crippen LogP contribution >= 0.6 is 0 Å². The van der Waals surface area contributed by atoms with Crippen LogP contribution in [-0.2, 0) is 7.05 Å². The molecule has 3 heteroatoms. The van der Waals surface area contributed by atoms with Gasteiger partial charge in [0.1, 0.15) is 6.10 Å². The summed E-state index contributed by atoms with van der Waals surface area (Å²) in [5.74, 6) is 2.28. The van der Waals surface area contributed by atoms with Gasteiger partial charge in [0, 0.05) is 18.3 Å². The molecule has 3 nitrogen and oxygen atoms in total. The van der Waals surface area contributed by atoms with Crippen molar-refractivity contribution in [1.82, 2.24) is 9.78 Å². The molecule has 1 rings (SSSR count). The lowest BCUT2D eigenvalue weighted by Gasteiger charge is -2.02. The predicted octanol–water partition coefficient (Wildman–Crippen LogP) is 0.704. The summed E-state index contributed by atoms with van der Waals surface area (Å²) in [6, 6.07) is 0. The molecular formula is C9H12N2O. The number of terminal acetylenes is 1. The zero-order chi connectivity index (χ0) is 9.30. The number of aromatic nitrogens is 2. The number of hydrogen-bond acceptors (Lipinski definition) is 2. The van der Waals surface area contributed by atoms with Crippen LogP contribution in [0.3, 0.4) is 0 Å². The number of aryl methyl sites for hydroxylation is 2. The lowest BCUT2D eigenvalue weighted by Crippen LogP contribution is -1.98. The van der Waals surface area contributed by atoms with Crippen molar-refractivity contribution in [3.05, 3.63) is 17.0 Å². The molecule has 1 aromatic heterocycles. The molecule has 12 heavy (non-hydrogen) atoms. The van der Waals surface area contributed by atoms with Gasteiger partial charge in [-0.1, -0.05) is 5.92 Å². The highest BCUT2D eigenvalue weighted by Crippen LogP contribution is 2.19. The predicted molar refractivity (Wildman–Crippen MR) is 46.5 cm³/mol. The van der Waals surface area contributed by atoms with Crippen molar-refractivity contribution in [3.8, 4) is 12.3 Å². The van der Waals surface area contributed by atoms with E-state index in [4.69, 9.17) is 6.42 Å². The largest absolute Gasteiger partial charge is 0.376 e. The fourth-order valence-corrected chi connectivity index (χ4v) is 1.27. The minimum Gasteiger partial charge on any atom is -0.376 e. The molecule has 1 aromatic rings. The van der Waals surface area contributed by atoms with E-state index in [9.17, 15) is 5.11 Å². The van der Waals surface area contributed by atoms with Crippen LogP contribution in [0.15, 0.2) is 0 Å². The summed E-state index contributed by atoms with van der Waals surface area (Å²) in [4.78, 5) is 0. The van der Waals surface area contributed by atoms with Crippen LogP contribution in [0.1, 0.15) is 23.1 Å². The first-order valence-electron chi connectivity index (χ1n) is 3.72. The maximum atomic E-state index is 9.41. The van der Waals surface area contributed by atoms with E-state index in [2.05, 4.69) is 11.0 Å². The molecule has 1 unspecified atom stereocenters. The number of nitrogens with zero attached hydrogens (tertiary/aromatic N) is 2. The molecule has 64 valence electrons. The Hall–Kier alpha value is -1.27. The molecular weight excluding hydrogens is 152 g/mol. The molecule has 0 radical (unpaired) electrons. The Kier molecular flexibility index (Phi) is 2.20. The molecule has 1 N–H and O–H groups in total. The third kappa shape index (κ3) is 1.21. The molecule has 0 aliphatic rings. The number of rotatable bonds is 1. The SMILES string of the molecule is C#CC(O)c1c(C)nn(C)c1C. The molecule has 0 fully saturated rings. The van der Waals surface area contributed by atoms with Crippen molar-refractivity contribution >= 4 is 0 Å². The fourth-order valence-electron chi connectivity index (χ4n) is 1.27. The van der Waals surface area contributed by atoms with Gasteiger partial charge in [-0.05, 0) is 13.8 Å². The normalized spacial score (nSPS) is 12.6. The highest BCUT2D eigenvalue weighted by molar-refractivity contribution is 5.31. The average molecular weight is 164 g/mol. The lowest BCUT2D eigenvalue weighted by molar-refractivity contribution is 0.237. The Bertz CT molecular complexity index is 333. The van der Waals surface area contributed by atoms with Crippen molar-refractivity contribution in [1.29, 1.82) is 0 Å². The van der Waals surface area contributed by atoms with Crippen molar-refractivity contribution in [2.75, 3.05) is 0 Å². The second-order valence-electron chi connectivity index (χ2n) is 2.78. The monoisotopic (exact) mass is 164 g/mol. The minimum atomic E-state index is -0.835. The highest BCUT2D eigenvalue weighted by atomic mass is 16.3. The molecule has 0 aliphatic heterocycles. The summed E-state index contributed by atoms with van der Waals surface area (Å²) in [5, 5.41) is 13.6. The quantitative estimate of drug-likeness (QED) is 0.620. The van der Waals surface area contributed by atoms with E-state index in [0.717, 1.165) is 17.0 Å². The third-order valence-corrected chi connectivity index (χ3v) is 2.00. The Morgan fingerprint density at radius 1 is 1.58 bits per heavy atom. The Morgan fingerprint density at radius 3 is 2.50 bits per heavy atom. The molecule has 0 amide bonds. The maximum absolute atomic E-state index is 9.41. The van der Waals surface area contributed by atoms with Crippen molar-refractivity contribution in [3.63, 3.8) is 0 Å². The molecule has 1 heterocycles. The Morgan fingerprint density at radius 2 is 2.17 bits per heavy atom. The van der Waals surface area contributed by atoms with Crippen molar-refractivity contribution in [2.24, 2.45) is 7.05 Å². The van der Waals surface area contributed by atoms with Crippen LogP contribution < -0.4 is 0 Å². The van der Waals surface area contributed by atoms with Gasteiger partial charge in [-0.3, -0.25) is 4.68 Å². The molecule has 0 bridgehead atoms. The molecule has 0 saturated carbocycles. The fraction of sp³-hybridized carbons (Fsp3) is 0.444. The van der Waals surface area contributed by atoms with E-state index in [-0.39, 0.29) is 0 Å². The van der Waals surface area contributed by atoms with Crippen molar-refractivity contribution in [2.45, 2.75) is 20.0 Å². The van der Waals surface area contributed by atoms with Crippen molar-refractivity contribution < 1.29 is 5.11 Å². The van der Waals surface area contributed by atoms with E-state index in [0.29, 0.717) is 0 Å². The van der Waals surface area contributed by atoms with Crippen LogP contribution in [0, 0.1) is 26.2 Å². The zero-order valence-electron chi connectivity index (χ0n) is 7.50. The van der Waals surface area contributed by atoms with Gasteiger partial charge in [-0.25, -0.2) is 0 Å². The summed E-state index contributed by atoms with van der Waals surface area (Å²) < 4.78 is 1.71. The van der Waals surface area contributed by atoms with Gasteiger partial charge < -0.3 is 5.11 Å². The third-order valence-electron chi connectivity index (χ3n) is 2.00. The number of aliphatic hydroxyl groups is 1. The average Bonchev–Trinajstić information content (AvgIpc) is 2.26. The van der Waals surface area contributed by atoms with Gasteiger partial charge >= 0.3 is 0 Å². The number of hydrogen-bond donors (Lipinski definition) is 1. The highest BCUT2D eigenvalue weighted by Gasteiger charge is 2.14. The van der Waals surface area contributed by atoms with Crippen LogP contribution in [0.25, 0.3) is 0 Å². The van der Waals surface area contributed by atoms with E-state index < -0.39 is 6.10 Å². The van der Waals surface area contributed by atoms with Gasteiger partial charge in [-0.2, -0.15) is 5.10 Å². The summed E-state index contributed by atoms with van der Waals surface area (Å²) in [6.45, 7) is 3.72. The van der Waals surface area contributed by atoms with Crippen LogP contribution in [0.4, 0.5) is 0 Å². The van der Waals surface area contributed by atoms with E-state index in [1.165, 1.54) is 0 Å². The Labute approximate surface area is 72.0 Å². The van der Waals surface area contributed by atoms with Gasteiger partial charge in [0.2, 0.25) is 0 Å². The topological polar surface area (TPSA) is 38.1 Å². The van der Waals surface area contributed by atoms with Gasteiger partial charge in [0.15, 0.2) is 0 Å². The first kappa shape index (κ1) is 8.82. The molecule has 0 spiro atoms. The summed E-state index contributed by atoms with van der Waals surface area (Å²) in [7, 11) is 1.83. The molecule has 1 atom stereocenters. The number of aliphatic hydroxyl groups excluding tert-OH is 1. The summed E-state index contributed by atoms with van der Waals surface area (Å²) in [5.41, 5.74) is 2.46. The summed E-state index contributed by atoms with van der Waals surface area (Å²) in [6.07, 6.45) is 4.28. The van der Waals surface area contributed by atoms with E-state index >= 15 is 0 Å². The molecule has 0 aliphatic carbocycles. The van der Waals surface area contributed by atoms with E-state index in [1.807, 2.05) is 20.9 Å². The molecule has 0 aromatic carbocycles. The molecule has 0 saturated heterocycles. The maximum Gasteiger partial charge on any atom is 0.143 e. The minimum absolute atomic E-state index is 0.750. The Balaban J connectivity index is 3.24. The van der Waals surface area contributed by atoms with Gasteiger partial charge in [0.25, 0.3) is 0 Å². The standard InChI is InChI=1S/C9H12N2O/c1-5-8(12)9-6(2)10-11(4)7(9)3/h1,8,12H,2-4H3. The zero-order valence-corrected chi connectivity index (χ0v) is 7.50. The van der Waals surface area contributed by atoms with Crippen LogP contribution in [0.2, 0.25) is 0 Å². The lowest BCUT2D eigenvalue weighted by atomic mass is 10.1. The smallest absolute Gasteiger partial charge is 0.143 e. The van der Waals surface area contributed by atoms with Crippen LogP contribution in [-0.4, -0.2) is 14.9 Å². The first-order chi connectivity index (χ1) is 5.57. The van der Waals surface area contributed by atoms with Gasteiger partial charge in [0.05, 0.1) is 5.69 Å². The second kappa shape index (κ2) is 3.00. The first-order valence-corrected chi connectivity index (χ1v) is 3.72. The second-order valence-corrected chi connectivity index (χ2v) is 2.78.